The minimum atomic E-state index is 0.226. The van der Waals surface area contributed by atoms with Crippen molar-refractivity contribution in [2.45, 2.75) is 44.9 Å². The largest absolute Gasteiger partial charge is 0.383 e. The second-order valence-corrected chi connectivity index (χ2v) is 5.99. The van der Waals surface area contributed by atoms with Gasteiger partial charge in [0.2, 0.25) is 0 Å². The van der Waals surface area contributed by atoms with Crippen molar-refractivity contribution in [2.24, 2.45) is 5.92 Å². The van der Waals surface area contributed by atoms with Gasteiger partial charge in [-0.15, -0.1) is 0 Å². The lowest BCUT2D eigenvalue weighted by Gasteiger charge is -2.37. The molecule has 0 radical (unpaired) electrons. The highest BCUT2D eigenvalue weighted by Gasteiger charge is 2.32. The van der Waals surface area contributed by atoms with Crippen LogP contribution in [0.5, 0.6) is 0 Å². The molecule has 1 saturated carbocycles. The summed E-state index contributed by atoms with van der Waals surface area (Å²) in [4.78, 5) is 0. The van der Waals surface area contributed by atoms with Crippen molar-refractivity contribution < 1.29 is 9.47 Å². The number of nitrogens with zero attached hydrogens (tertiary/aromatic N) is 2. The molecular formula is C15H26ClN3O2. The third kappa shape index (κ3) is 4.19. The molecule has 1 N–H and O–H groups in total. The van der Waals surface area contributed by atoms with E-state index in [1.807, 2.05) is 11.7 Å². The molecule has 1 aromatic heterocycles. The van der Waals surface area contributed by atoms with Gasteiger partial charge in [-0.2, -0.15) is 5.10 Å². The lowest BCUT2D eigenvalue weighted by atomic mass is 9.77. The van der Waals surface area contributed by atoms with Crippen LogP contribution in [-0.4, -0.2) is 43.3 Å². The zero-order valence-electron chi connectivity index (χ0n) is 13.1. The fourth-order valence-electron chi connectivity index (χ4n) is 3.01. The summed E-state index contributed by atoms with van der Waals surface area (Å²) in [7, 11) is 3.68. The van der Waals surface area contributed by atoms with Gasteiger partial charge >= 0.3 is 0 Å². The molecule has 0 amide bonds. The van der Waals surface area contributed by atoms with E-state index in [2.05, 4.69) is 17.3 Å². The van der Waals surface area contributed by atoms with Crippen molar-refractivity contribution in [1.82, 2.24) is 15.1 Å². The topological polar surface area (TPSA) is 48.3 Å². The Kier molecular flexibility index (Phi) is 6.48. The summed E-state index contributed by atoms with van der Waals surface area (Å²) in [5.74, 6) is 0.695. The maximum atomic E-state index is 6.33. The van der Waals surface area contributed by atoms with Crippen molar-refractivity contribution >= 4 is 11.6 Å². The van der Waals surface area contributed by atoms with Crippen LogP contribution in [0.15, 0.2) is 6.20 Å². The van der Waals surface area contributed by atoms with E-state index in [0.29, 0.717) is 18.6 Å². The average molecular weight is 316 g/mol. The maximum absolute atomic E-state index is 6.33. The fraction of sp³-hybridized carbons (Fsp3) is 0.800. The molecule has 120 valence electrons. The predicted molar refractivity (Wildman–Crippen MR) is 83.7 cm³/mol. The molecule has 5 nitrogen and oxygen atoms in total. The highest BCUT2D eigenvalue weighted by Crippen LogP contribution is 2.38. The van der Waals surface area contributed by atoms with Crippen molar-refractivity contribution in [3.63, 3.8) is 0 Å². The number of aromatic nitrogens is 2. The summed E-state index contributed by atoms with van der Waals surface area (Å²) < 4.78 is 12.7. The third-order valence-electron chi connectivity index (χ3n) is 4.18. The number of rotatable bonds is 9. The molecule has 0 aromatic carbocycles. The van der Waals surface area contributed by atoms with Crippen LogP contribution < -0.4 is 5.32 Å². The summed E-state index contributed by atoms with van der Waals surface area (Å²) in [6, 6.07) is 0.226. The van der Waals surface area contributed by atoms with Crippen LogP contribution in [0.2, 0.25) is 5.02 Å². The van der Waals surface area contributed by atoms with Crippen molar-refractivity contribution in [2.75, 3.05) is 27.4 Å². The molecule has 0 saturated heterocycles. The first kappa shape index (κ1) is 16.7. The van der Waals surface area contributed by atoms with Crippen LogP contribution in [0.3, 0.4) is 0 Å². The minimum absolute atomic E-state index is 0.226. The summed E-state index contributed by atoms with van der Waals surface area (Å²) in [6.07, 6.45) is 5.54. The number of hydrogen-bond acceptors (Lipinski definition) is 4. The number of hydrogen-bond donors (Lipinski definition) is 1. The van der Waals surface area contributed by atoms with Crippen LogP contribution in [0.1, 0.15) is 37.9 Å². The SMILES string of the molecule is CCOC1CC(CC(NC)c2c(Cl)cnn2CCOC)C1. The van der Waals surface area contributed by atoms with Gasteiger partial charge in [0.15, 0.2) is 0 Å². The zero-order valence-corrected chi connectivity index (χ0v) is 13.9. The van der Waals surface area contributed by atoms with E-state index < -0.39 is 0 Å². The molecule has 1 heterocycles. The first-order valence-electron chi connectivity index (χ1n) is 7.68. The number of methoxy groups -OCH3 is 1. The van der Waals surface area contributed by atoms with Crippen LogP contribution >= 0.6 is 11.6 Å². The summed E-state index contributed by atoms with van der Waals surface area (Å²) in [6.45, 7) is 4.22. The van der Waals surface area contributed by atoms with E-state index in [1.54, 1.807) is 13.3 Å². The lowest BCUT2D eigenvalue weighted by molar-refractivity contribution is -0.0291. The van der Waals surface area contributed by atoms with E-state index in [0.717, 1.165) is 43.1 Å². The van der Waals surface area contributed by atoms with E-state index >= 15 is 0 Å². The Bertz CT molecular complexity index is 433. The smallest absolute Gasteiger partial charge is 0.0834 e. The Morgan fingerprint density at radius 1 is 1.52 bits per heavy atom. The van der Waals surface area contributed by atoms with Crippen molar-refractivity contribution in [1.29, 1.82) is 0 Å². The van der Waals surface area contributed by atoms with Crippen LogP contribution in [0.4, 0.5) is 0 Å². The number of halogens is 1. The first-order valence-corrected chi connectivity index (χ1v) is 8.06. The zero-order chi connectivity index (χ0) is 15.2. The molecule has 1 fully saturated rings. The summed E-state index contributed by atoms with van der Waals surface area (Å²) >= 11 is 6.33. The molecule has 0 aliphatic heterocycles. The summed E-state index contributed by atoms with van der Waals surface area (Å²) in [5, 5.41) is 8.47. The summed E-state index contributed by atoms with van der Waals surface area (Å²) in [5.41, 5.74) is 1.07. The lowest BCUT2D eigenvalue weighted by Crippen LogP contribution is -2.34. The van der Waals surface area contributed by atoms with E-state index in [4.69, 9.17) is 21.1 Å². The minimum Gasteiger partial charge on any atom is -0.383 e. The van der Waals surface area contributed by atoms with Gasteiger partial charge in [-0.25, -0.2) is 0 Å². The molecule has 0 bridgehead atoms. The monoisotopic (exact) mass is 315 g/mol. The molecule has 1 unspecified atom stereocenters. The van der Waals surface area contributed by atoms with Crippen molar-refractivity contribution in [3.05, 3.63) is 16.9 Å². The standard InChI is InChI=1S/C15H26ClN3O2/c1-4-21-12-7-11(8-12)9-14(17-2)15-13(16)10-18-19(15)5-6-20-3/h10-12,14,17H,4-9H2,1-3H3. The van der Waals surface area contributed by atoms with Crippen LogP contribution in [0, 0.1) is 5.92 Å². The Labute approximate surface area is 131 Å². The number of nitrogens with one attached hydrogen (secondary N) is 1. The first-order chi connectivity index (χ1) is 10.2. The molecule has 21 heavy (non-hydrogen) atoms. The van der Waals surface area contributed by atoms with E-state index in [1.165, 1.54) is 0 Å². The second kappa shape index (κ2) is 8.13. The Balaban J connectivity index is 1.96. The average Bonchev–Trinajstić information content (AvgIpc) is 2.80. The highest BCUT2D eigenvalue weighted by atomic mass is 35.5. The van der Waals surface area contributed by atoms with Gasteiger partial charge in [0, 0.05) is 13.7 Å². The molecular weight excluding hydrogens is 290 g/mol. The molecule has 1 atom stereocenters. The Morgan fingerprint density at radius 2 is 2.29 bits per heavy atom. The second-order valence-electron chi connectivity index (χ2n) is 5.59. The molecule has 0 spiro atoms. The maximum Gasteiger partial charge on any atom is 0.0834 e. The van der Waals surface area contributed by atoms with Gasteiger partial charge in [-0.1, -0.05) is 11.6 Å². The predicted octanol–water partition coefficient (Wildman–Crippen LogP) is 2.65. The van der Waals surface area contributed by atoms with Crippen LogP contribution in [-0.2, 0) is 16.0 Å². The number of ether oxygens (including phenoxy) is 2. The molecule has 1 aromatic rings. The van der Waals surface area contributed by atoms with Gasteiger partial charge in [0.1, 0.15) is 0 Å². The molecule has 6 heteroatoms. The molecule has 2 rings (SSSR count). The molecule has 1 aliphatic carbocycles. The van der Waals surface area contributed by atoms with E-state index in [9.17, 15) is 0 Å². The van der Waals surface area contributed by atoms with Gasteiger partial charge in [-0.3, -0.25) is 4.68 Å². The Morgan fingerprint density at radius 3 is 2.90 bits per heavy atom. The van der Waals surface area contributed by atoms with E-state index in [-0.39, 0.29) is 6.04 Å². The van der Waals surface area contributed by atoms with Gasteiger partial charge in [0.25, 0.3) is 0 Å². The molecule has 1 aliphatic rings. The Hall–Kier alpha value is -0.620. The van der Waals surface area contributed by atoms with Gasteiger partial charge in [0.05, 0.1) is 42.2 Å². The van der Waals surface area contributed by atoms with Crippen molar-refractivity contribution in [3.8, 4) is 0 Å². The van der Waals surface area contributed by atoms with Crippen LogP contribution in [0.25, 0.3) is 0 Å². The quantitative estimate of drug-likeness (QED) is 0.761. The fourth-order valence-corrected chi connectivity index (χ4v) is 3.29. The van der Waals surface area contributed by atoms with Gasteiger partial charge in [-0.05, 0) is 39.2 Å². The van der Waals surface area contributed by atoms with Gasteiger partial charge < -0.3 is 14.8 Å². The highest BCUT2D eigenvalue weighted by molar-refractivity contribution is 6.31. The third-order valence-corrected chi connectivity index (χ3v) is 4.47. The normalized spacial score (nSPS) is 23.0.